The lowest BCUT2D eigenvalue weighted by Crippen LogP contribution is -1.97. The van der Waals surface area contributed by atoms with Crippen LogP contribution in [0.15, 0.2) is 54.7 Å². The van der Waals surface area contributed by atoms with Gasteiger partial charge in [-0.05, 0) is 24.1 Å². The Morgan fingerprint density at radius 1 is 1.00 bits per heavy atom. The average Bonchev–Trinajstić information content (AvgIpc) is 2.49. The first-order chi connectivity index (χ1) is 9.86. The summed E-state index contributed by atoms with van der Waals surface area (Å²) in [6.07, 6.45) is 2.29. The Morgan fingerprint density at radius 2 is 1.80 bits per heavy atom. The number of ether oxygens (including phenoxy) is 1. The van der Waals surface area contributed by atoms with Crippen LogP contribution in [0, 0.1) is 0 Å². The van der Waals surface area contributed by atoms with E-state index in [2.05, 4.69) is 9.97 Å². The third-order valence-electron chi connectivity index (χ3n) is 3.02. The van der Waals surface area contributed by atoms with Crippen LogP contribution in [0.3, 0.4) is 0 Å². The van der Waals surface area contributed by atoms with Crippen molar-refractivity contribution in [3.63, 3.8) is 0 Å². The Balaban J connectivity index is 1.93. The lowest BCUT2D eigenvalue weighted by Gasteiger charge is -2.09. The third-order valence-corrected chi connectivity index (χ3v) is 3.02. The number of rotatable bonds is 4. The molecule has 0 spiro atoms. The zero-order valence-corrected chi connectivity index (χ0v) is 10.9. The van der Waals surface area contributed by atoms with E-state index in [1.165, 1.54) is 0 Å². The lowest BCUT2D eigenvalue weighted by molar-refractivity contribution is 0.297. The maximum Gasteiger partial charge on any atom is 0.322 e. The zero-order chi connectivity index (χ0) is 13.8. The van der Waals surface area contributed by atoms with E-state index in [1.807, 2.05) is 48.5 Å². The standard InChI is InChI=1S/C16H14N2O2/c19-10-9-12-5-2-4-8-15(12)20-16-17-11-13-6-1-3-7-14(13)18-16/h1-8,11,19H,9-10H2. The SMILES string of the molecule is OCCc1ccccc1Oc1ncc2ccccc2n1. The highest BCUT2D eigenvalue weighted by Crippen LogP contribution is 2.24. The van der Waals surface area contributed by atoms with E-state index < -0.39 is 0 Å². The van der Waals surface area contributed by atoms with Gasteiger partial charge in [0.25, 0.3) is 0 Å². The van der Waals surface area contributed by atoms with E-state index in [1.54, 1.807) is 6.20 Å². The molecule has 3 aromatic rings. The maximum absolute atomic E-state index is 9.06. The number of nitrogens with zero attached hydrogens (tertiary/aromatic N) is 2. The molecule has 1 N–H and O–H groups in total. The molecule has 1 heterocycles. The molecule has 100 valence electrons. The van der Waals surface area contributed by atoms with Crippen molar-refractivity contribution in [1.29, 1.82) is 0 Å². The summed E-state index contributed by atoms with van der Waals surface area (Å²) in [6, 6.07) is 15.6. The Morgan fingerprint density at radius 3 is 2.70 bits per heavy atom. The van der Waals surface area contributed by atoms with Crippen LogP contribution in [0.5, 0.6) is 11.8 Å². The van der Waals surface area contributed by atoms with Crippen LogP contribution in [-0.2, 0) is 6.42 Å². The van der Waals surface area contributed by atoms with Gasteiger partial charge in [0.2, 0.25) is 0 Å². The van der Waals surface area contributed by atoms with Gasteiger partial charge < -0.3 is 9.84 Å². The number of aliphatic hydroxyl groups is 1. The molecule has 0 saturated heterocycles. The van der Waals surface area contributed by atoms with Crippen LogP contribution in [0.2, 0.25) is 0 Å². The molecule has 1 aromatic heterocycles. The van der Waals surface area contributed by atoms with Crippen molar-refractivity contribution in [3.8, 4) is 11.8 Å². The molecule has 0 aliphatic carbocycles. The van der Waals surface area contributed by atoms with Crippen LogP contribution in [0.1, 0.15) is 5.56 Å². The maximum atomic E-state index is 9.06. The van der Waals surface area contributed by atoms with Gasteiger partial charge in [-0.1, -0.05) is 36.4 Å². The van der Waals surface area contributed by atoms with Gasteiger partial charge in [-0.2, -0.15) is 4.98 Å². The van der Waals surface area contributed by atoms with Crippen molar-refractivity contribution in [2.75, 3.05) is 6.61 Å². The third kappa shape index (κ3) is 2.60. The van der Waals surface area contributed by atoms with Crippen molar-refractivity contribution in [2.24, 2.45) is 0 Å². The topological polar surface area (TPSA) is 55.2 Å². The fourth-order valence-electron chi connectivity index (χ4n) is 2.03. The summed E-state index contributed by atoms with van der Waals surface area (Å²) in [4.78, 5) is 8.58. The molecule has 0 bridgehead atoms. The van der Waals surface area contributed by atoms with Gasteiger partial charge in [0.05, 0.1) is 5.52 Å². The number of hydrogen-bond donors (Lipinski definition) is 1. The lowest BCUT2D eigenvalue weighted by atomic mass is 10.1. The van der Waals surface area contributed by atoms with E-state index in [-0.39, 0.29) is 6.61 Å². The van der Waals surface area contributed by atoms with Gasteiger partial charge in [-0.3, -0.25) is 0 Å². The Bertz CT molecular complexity index is 728. The summed E-state index contributed by atoms with van der Waals surface area (Å²) in [5.41, 5.74) is 1.78. The van der Waals surface area contributed by atoms with Crippen molar-refractivity contribution in [1.82, 2.24) is 9.97 Å². The number of para-hydroxylation sites is 2. The molecule has 0 atom stereocenters. The number of fused-ring (bicyclic) bond motifs is 1. The molecule has 20 heavy (non-hydrogen) atoms. The Labute approximate surface area is 116 Å². The first kappa shape index (κ1) is 12.6. The molecule has 0 amide bonds. The van der Waals surface area contributed by atoms with Gasteiger partial charge in [-0.15, -0.1) is 0 Å². The second kappa shape index (κ2) is 5.67. The van der Waals surface area contributed by atoms with Crippen molar-refractivity contribution < 1.29 is 9.84 Å². The van der Waals surface area contributed by atoms with E-state index in [9.17, 15) is 0 Å². The van der Waals surface area contributed by atoms with Crippen molar-refractivity contribution >= 4 is 10.9 Å². The number of benzene rings is 2. The monoisotopic (exact) mass is 266 g/mol. The Kier molecular flexibility index (Phi) is 3.56. The first-order valence-corrected chi connectivity index (χ1v) is 6.45. The minimum Gasteiger partial charge on any atom is -0.424 e. The predicted octanol–water partition coefficient (Wildman–Crippen LogP) is 2.96. The van der Waals surface area contributed by atoms with E-state index >= 15 is 0 Å². The summed E-state index contributed by atoms with van der Waals surface area (Å²) in [5, 5.41) is 10.0. The average molecular weight is 266 g/mol. The molecule has 4 heteroatoms. The molecule has 0 radical (unpaired) electrons. The van der Waals surface area contributed by atoms with Crippen LogP contribution in [0.25, 0.3) is 10.9 Å². The van der Waals surface area contributed by atoms with E-state index in [0.29, 0.717) is 18.2 Å². The second-order valence-electron chi connectivity index (χ2n) is 4.39. The highest BCUT2D eigenvalue weighted by molar-refractivity contribution is 5.77. The van der Waals surface area contributed by atoms with Gasteiger partial charge in [0.15, 0.2) is 0 Å². The molecule has 0 saturated carbocycles. The smallest absolute Gasteiger partial charge is 0.322 e. The fraction of sp³-hybridized carbons (Fsp3) is 0.125. The molecular weight excluding hydrogens is 252 g/mol. The molecule has 2 aromatic carbocycles. The van der Waals surface area contributed by atoms with E-state index in [4.69, 9.17) is 9.84 Å². The van der Waals surface area contributed by atoms with Gasteiger partial charge in [-0.25, -0.2) is 4.98 Å². The largest absolute Gasteiger partial charge is 0.424 e. The minimum absolute atomic E-state index is 0.0823. The van der Waals surface area contributed by atoms with Gasteiger partial charge >= 0.3 is 6.01 Å². The van der Waals surface area contributed by atoms with E-state index in [0.717, 1.165) is 16.5 Å². The van der Waals surface area contributed by atoms with Crippen LogP contribution in [0.4, 0.5) is 0 Å². The summed E-state index contributed by atoms with van der Waals surface area (Å²) < 4.78 is 5.74. The molecule has 0 aliphatic heterocycles. The molecule has 0 fully saturated rings. The predicted molar refractivity (Wildman–Crippen MR) is 76.8 cm³/mol. The molecule has 3 rings (SSSR count). The fourth-order valence-corrected chi connectivity index (χ4v) is 2.03. The zero-order valence-electron chi connectivity index (χ0n) is 10.9. The highest BCUT2D eigenvalue weighted by Gasteiger charge is 2.06. The van der Waals surface area contributed by atoms with Crippen LogP contribution < -0.4 is 4.74 Å². The van der Waals surface area contributed by atoms with Crippen molar-refractivity contribution in [3.05, 3.63) is 60.3 Å². The van der Waals surface area contributed by atoms with Crippen molar-refractivity contribution in [2.45, 2.75) is 6.42 Å². The normalized spacial score (nSPS) is 10.7. The molecule has 0 aliphatic rings. The quantitative estimate of drug-likeness (QED) is 0.788. The number of aliphatic hydroxyl groups excluding tert-OH is 1. The molecule has 0 unspecified atom stereocenters. The highest BCUT2D eigenvalue weighted by atomic mass is 16.5. The van der Waals surface area contributed by atoms with Gasteiger partial charge in [0, 0.05) is 18.2 Å². The van der Waals surface area contributed by atoms with Crippen LogP contribution in [-0.4, -0.2) is 21.7 Å². The summed E-state index contributed by atoms with van der Waals surface area (Å²) in [5.74, 6) is 0.678. The number of aromatic nitrogens is 2. The minimum atomic E-state index is 0.0823. The molecular formula is C16H14N2O2. The first-order valence-electron chi connectivity index (χ1n) is 6.45. The molecule has 4 nitrogen and oxygen atoms in total. The second-order valence-corrected chi connectivity index (χ2v) is 4.39. The summed E-state index contributed by atoms with van der Waals surface area (Å²) in [6.45, 7) is 0.0823. The summed E-state index contributed by atoms with van der Waals surface area (Å²) in [7, 11) is 0. The number of hydrogen-bond acceptors (Lipinski definition) is 4. The summed E-state index contributed by atoms with van der Waals surface area (Å²) >= 11 is 0. The Hall–Kier alpha value is -2.46. The van der Waals surface area contributed by atoms with Crippen LogP contribution >= 0.6 is 0 Å². The van der Waals surface area contributed by atoms with Gasteiger partial charge in [0.1, 0.15) is 5.75 Å².